The normalized spacial score (nSPS) is 13.0. The lowest BCUT2D eigenvalue weighted by molar-refractivity contribution is -0.161. The SMILES string of the molecule is CCCCCCCCCC/C=C\CCCCCCCCCCCCCCCCCCCCCCCCCCCCCC(=O)OC(COC(=O)CCCCCCCCCCCC)COP(=O)(O)OCCN. The molecular weight excluding hydrogens is 894 g/mol. The lowest BCUT2D eigenvalue weighted by Crippen LogP contribution is -2.29. The van der Waals surface area contributed by atoms with Crippen molar-refractivity contribution >= 4 is 19.8 Å². The molecule has 0 aromatic heterocycles. The third-order valence-corrected chi connectivity index (χ3v) is 14.9. The zero-order chi connectivity index (χ0) is 51.0. The minimum Gasteiger partial charge on any atom is -0.462 e. The molecule has 416 valence electrons. The Morgan fingerprint density at radius 3 is 1.01 bits per heavy atom. The highest BCUT2D eigenvalue weighted by Gasteiger charge is 2.26. The number of carbonyl (C=O) groups excluding carboxylic acids is 2. The number of phosphoric ester groups is 1. The van der Waals surface area contributed by atoms with Crippen LogP contribution in [0, 0.1) is 0 Å². The summed E-state index contributed by atoms with van der Waals surface area (Å²) in [5, 5.41) is 0. The molecule has 0 bridgehead atoms. The molecule has 10 heteroatoms. The molecule has 0 spiro atoms. The first-order chi connectivity index (χ1) is 34.3. The van der Waals surface area contributed by atoms with Gasteiger partial charge in [-0.15, -0.1) is 0 Å². The van der Waals surface area contributed by atoms with Gasteiger partial charge in [0.05, 0.1) is 13.2 Å². The van der Waals surface area contributed by atoms with Gasteiger partial charge in [-0.2, -0.15) is 0 Å². The monoisotopic (exact) mass is 1010 g/mol. The highest BCUT2D eigenvalue weighted by molar-refractivity contribution is 7.47. The van der Waals surface area contributed by atoms with Crippen LogP contribution in [0.15, 0.2) is 12.2 Å². The first-order valence-electron chi connectivity index (χ1n) is 30.7. The molecule has 0 radical (unpaired) electrons. The Morgan fingerprint density at radius 2 is 0.700 bits per heavy atom. The molecule has 0 saturated carbocycles. The largest absolute Gasteiger partial charge is 0.472 e. The fraction of sp³-hybridized carbons (Fsp3) is 0.933. The number of nitrogens with two attached hydrogens (primary N) is 1. The van der Waals surface area contributed by atoms with Gasteiger partial charge in [0.2, 0.25) is 0 Å². The highest BCUT2D eigenvalue weighted by atomic mass is 31.2. The van der Waals surface area contributed by atoms with E-state index in [-0.39, 0.29) is 38.6 Å². The summed E-state index contributed by atoms with van der Waals surface area (Å²) in [4.78, 5) is 35.0. The van der Waals surface area contributed by atoms with Gasteiger partial charge in [0.1, 0.15) is 6.61 Å². The fourth-order valence-corrected chi connectivity index (χ4v) is 10.1. The second-order valence-electron chi connectivity index (χ2n) is 20.9. The summed E-state index contributed by atoms with van der Waals surface area (Å²) in [6.45, 7) is 3.77. The number of carbonyl (C=O) groups is 2. The van der Waals surface area contributed by atoms with E-state index >= 15 is 0 Å². The summed E-state index contributed by atoms with van der Waals surface area (Å²) in [5.74, 6) is -0.811. The van der Waals surface area contributed by atoms with Crippen molar-refractivity contribution in [3.8, 4) is 0 Å². The van der Waals surface area contributed by atoms with E-state index in [0.29, 0.717) is 6.42 Å². The highest BCUT2D eigenvalue weighted by Crippen LogP contribution is 2.43. The summed E-state index contributed by atoms with van der Waals surface area (Å²) >= 11 is 0. The van der Waals surface area contributed by atoms with Gasteiger partial charge in [-0.3, -0.25) is 18.6 Å². The van der Waals surface area contributed by atoms with Gasteiger partial charge >= 0.3 is 19.8 Å². The molecule has 70 heavy (non-hydrogen) atoms. The lowest BCUT2D eigenvalue weighted by Gasteiger charge is -2.19. The smallest absolute Gasteiger partial charge is 0.462 e. The Morgan fingerprint density at radius 1 is 0.414 bits per heavy atom. The van der Waals surface area contributed by atoms with Crippen molar-refractivity contribution in [2.24, 2.45) is 5.73 Å². The second kappa shape index (κ2) is 57.0. The second-order valence-corrected chi connectivity index (χ2v) is 22.4. The van der Waals surface area contributed by atoms with Crippen LogP contribution in [-0.4, -0.2) is 49.3 Å². The molecule has 2 atom stereocenters. The molecule has 0 heterocycles. The van der Waals surface area contributed by atoms with Crippen molar-refractivity contribution in [2.75, 3.05) is 26.4 Å². The lowest BCUT2D eigenvalue weighted by atomic mass is 10.0. The maximum Gasteiger partial charge on any atom is 0.472 e. The van der Waals surface area contributed by atoms with E-state index in [2.05, 4.69) is 26.0 Å². The Balaban J connectivity index is 3.66. The van der Waals surface area contributed by atoms with Gasteiger partial charge in [0, 0.05) is 19.4 Å². The van der Waals surface area contributed by atoms with Crippen molar-refractivity contribution in [1.82, 2.24) is 0 Å². The van der Waals surface area contributed by atoms with E-state index in [1.807, 2.05) is 0 Å². The number of hydrogen-bond acceptors (Lipinski definition) is 8. The van der Waals surface area contributed by atoms with Crippen LogP contribution in [0.25, 0.3) is 0 Å². The summed E-state index contributed by atoms with van der Waals surface area (Å²) in [6.07, 6.45) is 66.1. The Hall–Kier alpha value is -1.25. The summed E-state index contributed by atoms with van der Waals surface area (Å²) in [6, 6.07) is 0. The van der Waals surface area contributed by atoms with Crippen LogP contribution in [0.4, 0.5) is 0 Å². The molecule has 0 rings (SSSR count). The van der Waals surface area contributed by atoms with Crippen molar-refractivity contribution in [1.29, 1.82) is 0 Å². The van der Waals surface area contributed by atoms with E-state index in [1.54, 1.807) is 0 Å². The number of ether oxygens (including phenoxy) is 2. The minimum atomic E-state index is -4.37. The number of allylic oxidation sites excluding steroid dienone is 2. The van der Waals surface area contributed by atoms with E-state index in [1.165, 1.54) is 263 Å². The number of rotatable bonds is 59. The maximum absolute atomic E-state index is 12.7. The van der Waals surface area contributed by atoms with Crippen LogP contribution >= 0.6 is 7.82 Å². The van der Waals surface area contributed by atoms with Crippen LogP contribution in [0.5, 0.6) is 0 Å². The topological polar surface area (TPSA) is 134 Å². The molecule has 2 unspecified atom stereocenters. The number of esters is 2. The van der Waals surface area contributed by atoms with Gasteiger partial charge in [0.25, 0.3) is 0 Å². The van der Waals surface area contributed by atoms with Gasteiger partial charge in [0.15, 0.2) is 6.10 Å². The number of unbranched alkanes of at least 4 members (excludes halogenated alkanes) is 44. The van der Waals surface area contributed by atoms with Gasteiger partial charge < -0.3 is 20.1 Å². The van der Waals surface area contributed by atoms with Gasteiger partial charge in [-0.1, -0.05) is 289 Å². The van der Waals surface area contributed by atoms with Crippen LogP contribution in [0.3, 0.4) is 0 Å². The molecule has 0 aliphatic carbocycles. The first kappa shape index (κ1) is 68.8. The zero-order valence-corrected chi connectivity index (χ0v) is 47.4. The quantitative estimate of drug-likeness (QED) is 0.0264. The molecule has 0 aromatic carbocycles. The standard InChI is InChI=1S/C60H118NO8P/c1-3-5-7-9-11-13-15-16-17-18-19-20-21-22-23-24-25-26-27-28-29-30-31-32-33-34-35-36-37-38-39-40-41-42-43-45-47-49-51-53-60(63)69-58(57-68-70(64,65)67-55-54-61)56-66-59(62)52-50-48-46-44-14-12-10-8-6-4-2/h18-19,58H,3-17,20-57,61H2,1-2H3,(H,64,65)/b19-18-. The molecule has 0 amide bonds. The van der Waals surface area contributed by atoms with Crippen LogP contribution in [0.2, 0.25) is 0 Å². The average Bonchev–Trinajstić information content (AvgIpc) is 3.35. The minimum absolute atomic E-state index is 0.0576. The van der Waals surface area contributed by atoms with Gasteiger partial charge in [-0.25, -0.2) is 4.57 Å². The molecule has 0 saturated heterocycles. The van der Waals surface area contributed by atoms with E-state index in [4.69, 9.17) is 24.3 Å². The Labute approximate surface area is 434 Å². The molecule has 0 fully saturated rings. The van der Waals surface area contributed by atoms with Crippen LogP contribution < -0.4 is 5.73 Å². The summed E-state index contributed by atoms with van der Waals surface area (Å²) < 4.78 is 32.9. The maximum atomic E-state index is 12.7. The predicted molar refractivity (Wildman–Crippen MR) is 298 cm³/mol. The van der Waals surface area contributed by atoms with E-state index < -0.39 is 26.5 Å². The molecule has 0 aliphatic heterocycles. The Kier molecular flexibility index (Phi) is 56.0. The number of hydrogen-bond donors (Lipinski definition) is 2. The van der Waals surface area contributed by atoms with E-state index in [9.17, 15) is 19.0 Å². The van der Waals surface area contributed by atoms with Crippen LogP contribution in [-0.2, 0) is 32.7 Å². The fourth-order valence-electron chi connectivity index (χ4n) is 9.34. The average molecular weight is 1010 g/mol. The molecule has 9 nitrogen and oxygen atoms in total. The predicted octanol–water partition coefficient (Wildman–Crippen LogP) is 19.2. The van der Waals surface area contributed by atoms with Crippen LogP contribution in [0.1, 0.15) is 328 Å². The summed E-state index contributed by atoms with van der Waals surface area (Å²) in [7, 11) is -4.37. The summed E-state index contributed by atoms with van der Waals surface area (Å²) in [5.41, 5.74) is 5.37. The van der Waals surface area contributed by atoms with E-state index in [0.717, 1.165) is 32.1 Å². The number of phosphoric acid groups is 1. The van der Waals surface area contributed by atoms with Gasteiger partial charge in [-0.05, 0) is 38.5 Å². The van der Waals surface area contributed by atoms with Crippen molar-refractivity contribution in [3.05, 3.63) is 12.2 Å². The third kappa shape index (κ3) is 56.1. The molecule has 3 N–H and O–H groups in total. The van der Waals surface area contributed by atoms with Crippen molar-refractivity contribution < 1.29 is 37.6 Å². The molecule has 0 aliphatic rings. The molecule has 0 aromatic rings. The Bertz CT molecular complexity index is 1150. The van der Waals surface area contributed by atoms with Crippen molar-refractivity contribution in [2.45, 2.75) is 335 Å². The third-order valence-electron chi connectivity index (χ3n) is 13.9. The zero-order valence-electron chi connectivity index (χ0n) is 46.5. The molecular formula is C60H118NO8P. The van der Waals surface area contributed by atoms with Crippen molar-refractivity contribution in [3.63, 3.8) is 0 Å². The first-order valence-corrected chi connectivity index (χ1v) is 32.2.